The number of amides is 1. The Bertz CT molecular complexity index is 321. The van der Waals surface area contributed by atoms with Gasteiger partial charge in [0.25, 0.3) is 0 Å². The van der Waals surface area contributed by atoms with Gasteiger partial charge in [-0.15, -0.1) is 0 Å². The predicted octanol–water partition coefficient (Wildman–Crippen LogP) is -1.42. The number of carbonyl (C=O) groups excluding carboxylic acids is 2. The average Bonchev–Trinajstić information content (AvgIpc) is 2.35. The summed E-state index contributed by atoms with van der Waals surface area (Å²) in [6.45, 7) is 0.486. The Hall–Kier alpha value is -1.67. The van der Waals surface area contributed by atoms with E-state index in [9.17, 15) is 14.4 Å². The van der Waals surface area contributed by atoms with Crippen LogP contribution in [0.25, 0.3) is 0 Å². The second-order valence-electron chi connectivity index (χ2n) is 4.07. The van der Waals surface area contributed by atoms with E-state index >= 15 is 0 Å². The third kappa shape index (κ3) is 7.37. The monoisotopic (exact) mass is 275 g/mol. The van der Waals surface area contributed by atoms with Gasteiger partial charge in [-0.3, -0.25) is 9.59 Å². The summed E-state index contributed by atoms with van der Waals surface area (Å²) in [7, 11) is 1.21. The van der Waals surface area contributed by atoms with E-state index in [1.165, 1.54) is 7.11 Å². The molecule has 0 saturated heterocycles. The third-order valence-electron chi connectivity index (χ3n) is 2.48. The fourth-order valence-electron chi connectivity index (χ4n) is 1.44. The Labute approximate surface area is 111 Å². The molecule has 0 saturated carbocycles. The van der Waals surface area contributed by atoms with Crippen LogP contribution >= 0.6 is 0 Å². The third-order valence-corrected chi connectivity index (χ3v) is 2.48. The van der Waals surface area contributed by atoms with Crippen molar-refractivity contribution in [3.63, 3.8) is 0 Å². The number of carbonyl (C=O) groups is 3. The summed E-state index contributed by atoms with van der Waals surface area (Å²) in [5, 5.41) is 10.9. The van der Waals surface area contributed by atoms with Crippen molar-refractivity contribution in [2.45, 2.75) is 37.8 Å². The van der Waals surface area contributed by atoms with Gasteiger partial charge in [0.2, 0.25) is 5.91 Å². The molecule has 0 aromatic rings. The molecular weight excluding hydrogens is 254 g/mol. The van der Waals surface area contributed by atoms with Gasteiger partial charge in [-0.25, -0.2) is 4.79 Å². The number of methoxy groups -OCH3 is 1. The molecule has 8 nitrogen and oxygen atoms in total. The van der Waals surface area contributed by atoms with E-state index in [4.69, 9.17) is 16.6 Å². The fraction of sp³-hybridized carbons (Fsp3) is 0.727. The summed E-state index contributed by atoms with van der Waals surface area (Å²) in [6, 6.07) is -2.02. The molecule has 0 heterocycles. The standard InChI is InChI=1S/C11H21N3O5/c1-19-11(18)8(4-2-3-5-12)14-10(17)7(13)6-9(15)16/h7-8H,2-6,12-13H2,1H3,(H,14,17)(H,15,16). The van der Waals surface area contributed by atoms with E-state index in [0.29, 0.717) is 25.8 Å². The number of ether oxygens (including phenoxy) is 1. The Kier molecular flexibility index (Phi) is 8.47. The summed E-state index contributed by atoms with van der Waals surface area (Å²) in [4.78, 5) is 33.5. The zero-order valence-electron chi connectivity index (χ0n) is 10.9. The highest BCUT2D eigenvalue weighted by atomic mass is 16.5. The van der Waals surface area contributed by atoms with Gasteiger partial charge in [0, 0.05) is 0 Å². The van der Waals surface area contributed by atoms with Crippen molar-refractivity contribution in [2.75, 3.05) is 13.7 Å². The van der Waals surface area contributed by atoms with Crippen LogP contribution in [0.3, 0.4) is 0 Å². The van der Waals surface area contributed by atoms with Crippen molar-refractivity contribution in [1.29, 1.82) is 0 Å². The van der Waals surface area contributed by atoms with Gasteiger partial charge >= 0.3 is 11.9 Å². The normalized spacial score (nSPS) is 13.4. The maximum atomic E-state index is 11.6. The molecule has 0 radical (unpaired) electrons. The SMILES string of the molecule is COC(=O)C(CCCCN)NC(=O)C(N)CC(=O)O. The number of nitrogens with one attached hydrogen (secondary N) is 1. The van der Waals surface area contributed by atoms with E-state index in [1.54, 1.807) is 0 Å². The Balaban J connectivity index is 4.41. The number of esters is 1. The molecular formula is C11H21N3O5. The lowest BCUT2D eigenvalue weighted by atomic mass is 10.1. The zero-order valence-corrected chi connectivity index (χ0v) is 10.9. The highest BCUT2D eigenvalue weighted by Gasteiger charge is 2.25. The fourth-order valence-corrected chi connectivity index (χ4v) is 1.44. The summed E-state index contributed by atoms with van der Waals surface area (Å²) < 4.78 is 4.56. The Morgan fingerprint density at radius 3 is 2.42 bits per heavy atom. The first-order valence-corrected chi connectivity index (χ1v) is 5.98. The summed E-state index contributed by atoms with van der Waals surface area (Å²) >= 11 is 0. The predicted molar refractivity (Wildman–Crippen MR) is 67.1 cm³/mol. The Morgan fingerprint density at radius 1 is 1.32 bits per heavy atom. The lowest BCUT2D eigenvalue weighted by Gasteiger charge is -2.18. The first-order valence-electron chi connectivity index (χ1n) is 5.98. The van der Waals surface area contributed by atoms with Crippen LogP contribution in [0.4, 0.5) is 0 Å². The highest BCUT2D eigenvalue weighted by Crippen LogP contribution is 2.03. The van der Waals surface area contributed by atoms with Crippen molar-refractivity contribution in [3.8, 4) is 0 Å². The van der Waals surface area contributed by atoms with Crippen LogP contribution in [0.15, 0.2) is 0 Å². The number of nitrogens with two attached hydrogens (primary N) is 2. The van der Waals surface area contributed by atoms with E-state index in [-0.39, 0.29) is 0 Å². The number of carboxylic acid groups (broad SMARTS) is 1. The number of aliphatic carboxylic acids is 1. The molecule has 0 aromatic carbocycles. The first-order chi connectivity index (χ1) is 8.92. The molecule has 8 heteroatoms. The summed E-state index contributed by atoms with van der Waals surface area (Å²) in [5.41, 5.74) is 10.7. The van der Waals surface area contributed by atoms with Crippen molar-refractivity contribution < 1.29 is 24.2 Å². The summed E-state index contributed by atoms with van der Waals surface area (Å²) in [6.07, 6.45) is 1.23. The zero-order chi connectivity index (χ0) is 14.8. The van der Waals surface area contributed by atoms with Crippen LogP contribution in [0.5, 0.6) is 0 Å². The van der Waals surface area contributed by atoms with Gasteiger partial charge in [-0.05, 0) is 25.8 Å². The minimum atomic E-state index is -1.20. The van der Waals surface area contributed by atoms with Crippen molar-refractivity contribution in [1.82, 2.24) is 5.32 Å². The number of hydrogen-bond acceptors (Lipinski definition) is 6. The molecule has 0 aromatic heterocycles. The van der Waals surface area contributed by atoms with Gasteiger partial charge in [0.1, 0.15) is 6.04 Å². The smallest absolute Gasteiger partial charge is 0.328 e. The van der Waals surface area contributed by atoms with Crippen molar-refractivity contribution >= 4 is 17.8 Å². The Morgan fingerprint density at radius 2 is 1.95 bits per heavy atom. The minimum Gasteiger partial charge on any atom is -0.481 e. The lowest BCUT2D eigenvalue weighted by Crippen LogP contribution is -2.49. The number of carboxylic acids is 1. The maximum absolute atomic E-state index is 11.6. The van der Waals surface area contributed by atoms with Crippen LogP contribution in [0, 0.1) is 0 Å². The average molecular weight is 275 g/mol. The minimum absolute atomic E-state index is 0.370. The number of rotatable bonds is 9. The first kappa shape index (κ1) is 17.3. The topological polar surface area (TPSA) is 145 Å². The van der Waals surface area contributed by atoms with Gasteiger partial charge in [0.15, 0.2) is 0 Å². The summed E-state index contributed by atoms with van der Waals surface area (Å²) in [5.74, 6) is -2.46. The molecule has 1 amide bonds. The van der Waals surface area contributed by atoms with Gasteiger partial charge < -0.3 is 26.6 Å². The number of hydrogen-bond donors (Lipinski definition) is 4. The molecule has 2 atom stereocenters. The van der Waals surface area contributed by atoms with E-state index in [1.807, 2.05) is 0 Å². The quantitative estimate of drug-likeness (QED) is 0.298. The molecule has 110 valence electrons. The van der Waals surface area contributed by atoms with Crippen LogP contribution in [-0.2, 0) is 19.1 Å². The van der Waals surface area contributed by atoms with Crippen LogP contribution in [-0.4, -0.2) is 48.7 Å². The molecule has 0 fully saturated rings. The largest absolute Gasteiger partial charge is 0.481 e. The van der Waals surface area contributed by atoms with Crippen molar-refractivity contribution in [2.24, 2.45) is 11.5 Å². The molecule has 0 aliphatic heterocycles. The lowest BCUT2D eigenvalue weighted by molar-refractivity contribution is -0.145. The van der Waals surface area contributed by atoms with Gasteiger partial charge in [-0.1, -0.05) is 0 Å². The molecule has 2 unspecified atom stereocenters. The molecule has 19 heavy (non-hydrogen) atoms. The van der Waals surface area contributed by atoms with Crippen LogP contribution in [0.1, 0.15) is 25.7 Å². The molecule has 6 N–H and O–H groups in total. The van der Waals surface area contributed by atoms with E-state index < -0.39 is 36.4 Å². The molecule has 0 rings (SSSR count). The van der Waals surface area contributed by atoms with Crippen LogP contribution in [0.2, 0.25) is 0 Å². The molecule has 0 spiro atoms. The number of unbranched alkanes of at least 4 members (excludes halogenated alkanes) is 1. The maximum Gasteiger partial charge on any atom is 0.328 e. The van der Waals surface area contributed by atoms with Gasteiger partial charge in [-0.2, -0.15) is 0 Å². The van der Waals surface area contributed by atoms with E-state index in [0.717, 1.165) is 0 Å². The molecule has 0 aliphatic carbocycles. The van der Waals surface area contributed by atoms with Crippen LogP contribution < -0.4 is 16.8 Å². The molecule has 0 aliphatic rings. The molecule has 0 bridgehead atoms. The van der Waals surface area contributed by atoms with E-state index in [2.05, 4.69) is 10.1 Å². The highest BCUT2D eigenvalue weighted by molar-refractivity contribution is 5.89. The second kappa shape index (κ2) is 9.29. The van der Waals surface area contributed by atoms with Crippen molar-refractivity contribution in [3.05, 3.63) is 0 Å². The second-order valence-corrected chi connectivity index (χ2v) is 4.07. The van der Waals surface area contributed by atoms with Gasteiger partial charge in [0.05, 0.1) is 19.6 Å².